The molecule has 0 atom stereocenters. The van der Waals surface area contributed by atoms with Gasteiger partial charge in [0.1, 0.15) is 12.7 Å². The lowest BCUT2D eigenvalue weighted by Gasteiger charge is -1.86. The van der Waals surface area contributed by atoms with Gasteiger partial charge in [0.15, 0.2) is 0 Å². The lowest BCUT2D eigenvalue weighted by Crippen LogP contribution is -1.97. The molecule has 0 fully saturated rings. The Kier molecular flexibility index (Phi) is 19.3. The van der Waals surface area contributed by atoms with E-state index in [1.54, 1.807) is 13.7 Å². The second-order valence-corrected chi connectivity index (χ2v) is 1.92. The topological polar surface area (TPSA) is 52.3 Å². The zero-order chi connectivity index (χ0) is 8.95. The van der Waals surface area contributed by atoms with Crippen molar-refractivity contribution in [2.75, 3.05) is 13.7 Å². The number of aldehydes is 1. The Balaban J connectivity index is 0. The normalized spacial score (nSPS) is 7.91. The molecule has 0 aliphatic rings. The number of nitrogens with two attached hydrogens (primary N) is 1. The van der Waals surface area contributed by atoms with Gasteiger partial charge in [-0.25, -0.2) is 0 Å². The molecule has 0 bridgehead atoms. The first kappa shape index (κ1) is 13.1. The van der Waals surface area contributed by atoms with Gasteiger partial charge in [-0.3, -0.25) is 0 Å². The SMILES string of the molecule is CC=O.CO[CH+]CCCCN. The van der Waals surface area contributed by atoms with E-state index in [4.69, 9.17) is 15.3 Å². The quantitative estimate of drug-likeness (QED) is 0.372. The summed E-state index contributed by atoms with van der Waals surface area (Å²) in [5.41, 5.74) is 5.26. The van der Waals surface area contributed by atoms with Crippen LogP contribution in [0.2, 0.25) is 0 Å². The fraction of sp³-hybridized carbons (Fsp3) is 0.750. The number of carbonyl (C=O) groups is 1. The molecule has 0 unspecified atom stereocenters. The minimum atomic E-state index is 0.750. The van der Waals surface area contributed by atoms with E-state index in [0.717, 1.165) is 32.1 Å². The lowest BCUT2D eigenvalue weighted by atomic mass is 10.2. The third-order valence-electron chi connectivity index (χ3n) is 0.943. The Morgan fingerprint density at radius 2 is 2.09 bits per heavy atom. The molecule has 0 aromatic rings. The van der Waals surface area contributed by atoms with Crippen molar-refractivity contribution in [1.29, 1.82) is 0 Å². The summed E-state index contributed by atoms with van der Waals surface area (Å²) in [6.07, 6.45) is 4.01. The van der Waals surface area contributed by atoms with Crippen LogP contribution in [-0.2, 0) is 9.53 Å². The Labute approximate surface area is 68.9 Å². The third-order valence-corrected chi connectivity index (χ3v) is 0.943. The van der Waals surface area contributed by atoms with Gasteiger partial charge in [0.05, 0.1) is 7.11 Å². The highest BCUT2D eigenvalue weighted by atomic mass is 16.5. The zero-order valence-corrected chi connectivity index (χ0v) is 7.38. The van der Waals surface area contributed by atoms with Gasteiger partial charge in [0, 0.05) is 0 Å². The molecule has 0 spiro atoms. The molecule has 2 N–H and O–H groups in total. The summed E-state index contributed by atoms with van der Waals surface area (Å²) in [4.78, 5) is 8.81. The number of hydrogen-bond donors (Lipinski definition) is 1. The van der Waals surface area contributed by atoms with E-state index in [1.807, 2.05) is 0 Å². The number of ether oxygens (including phenoxy) is 1. The molecule has 0 rings (SSSR count). The molecule has 0 radical (unpaired) electrons. The first-order chi connectivity index (χ1) is 5.33. The number of rotatable bonds is 5. The van der Waals surface area contributed by atoms with Crippen LogP contribution in [0.25, 0.3) is 0 Å². The molecule has 66 valence electrons. The van der Waals surface area contributed by atoms with Crippen LogP contribution < -0.4 is 5.73 Å². The van der Waals surface area contributed by atoms with Gasteiger partial charge >= 0.3 is 0 Å². The highest BCUT2D eigenvalue weighted by Crippen LogP contribution is 1.95. The summed E-state index contributed by atoms with van der Waals surface area (Å²) in [6.45, 7) is 4.03. The summed E-state index contributed by atoms with van der Waals surface area (Å²) in [7, 11) is 1.67. The molecule has 11 heavy (non-hydrogen) atoms. The standard InChI is InChI=1S/C6H14NO.C2H4O/c1-8-6-4-2-3-5-7;1-2-3/h6H,2-5,7H2,1H3;2H,1H3/q+1;. The molecular formula is C8H18NO2+. The summed E-state index contributed by atoms with van der Waals surface area (Å²) >= 11 is 0. The predicted octanol–water partition coefficient (Wildman–Crippen LogP) is 1.13. The molecule has 0 heterocycles. The minimum Gasteiger partial charge on any atom is -0.330 e. The van der Waals surface area contributed by atoms with Gasteiger partial charge in [-0.05, 0) is 26.3 Å². The minimum absolute atomic E-state index is 0.750. The van der Waals surface area contributed by atoms with Crippen molar-refractivity contribution in [2.24, 2.45) is 5.73 Å². The molecule has 0 aliphatic heterocycles. The maximum absolute atomic E-state index is 8.81. The van der Waals surface area contributed by atoms with Gasteiger partial charge in [0.25, 0.3) is 0 Å². The second kappa shape index (κ2) is 16.2. The average Bonchev–Trinajstić information content (AvgIpc) is 2.00. The van der Waals surface area contributed by atoms with Crippen LogP contribution in [-0.4, -0.2) is 19.9 Å². The second-order valence-electron chi connectivity index (χ2n) is 1.92. The predicted molar refractivity (Wildman–Crippen MR) is 46.0 cm³/mol. The van der Waals surface area contributed by atoms with E-state index >= 15 is 0 Å². The summed E-state index contributed by atoms with van der Waals surface area (Å²) in [5, 5.41) is 0. The maximum Gasteiger partial charge on any atom is 0.226 e. The summed E-state index contributed by atoms with van der Waals surface area (Å²) in [5.74, 6) is 0. The van der Waals surface area contributed by atoms with Crippen LogP contribution in [0.3, 0.4) is 0 Å². The van der Waals surface area contributed by atoms with Crippen LogP contribution >= 0.6 is 0 Å². The van der Waals surface area contributed by atoms with Gasteiger partial charge in [0.2, 0.25) is 6.61 Å². The van der Waals surface area contributed by atoms with Crippen molar-refractivity contribution in [3.05, 3.63) is 6.61 Å². The molecule has 0 saturated heterocycles. The number of carbonyl (C=O) groups excluding carboxylic acids is 1. The number of hydrogen-bond acceptors (Lipinski definition) is 3. The van der Waals surface area contributed by atoms with Crippen molar-refractivity contribution in [1.82, 2.24) is 0 Å². The van der Waals surface area contributed by atoms with Crippen LogP contribution in [0.1, 0.15) is 26.2 Å². The lowest BCUT2D eigenvalue weighted by molar-refractivity contribution is -0.106. The Morgan fingerprint density at radius 1 is 1.55 bits per heavy atom. The van der Waals surface area contributed by atoms with Gasteiger partial charge in [-0.15, -0.1) is 0 Å². The number of unbranched alkanes of at least 4 members (excludes halogenated alkanes) is 2. The monoisotopic (exact) mass is 160 g/mol. The summed E-state index contributed by atoms with van der Waals surface area (Å²) < 4.78 is 4.72. The molecule has 3 nitrogen and oxygen atoms in total. The van der Waals surface area contributed by atoms with E-state index < -0.39 is 0 Å². The van der Waals surface area contributed by atoms with E-state index in [9.17, 15) is 0 Å². The molecule has 0 aromatic carbocycles. The van der Waals surface area contributed by atoms with Crippen molar-refractivity contribution in [3.63, 3.8) is 0 Å². The van der Waals surface area contributed by atoms with E-state index in [-0.39, 0.29) is 0 Å². The molecule has 0 saturated carbocycles. The molecule has 3 heteroatoms. The van der Waals surface area contributed by atoms with E-state index in [0.29, 0.717) is 0 Å². The average molecular weight is 160 g/mol. The highest BCUT2D eigenvalue weighted by molar-refractivity contribution is 5.44. The van der Waals surface area contributed by atoms with Crippen molar-refractivity contribution < 1.29 is 9.53 Å². The highest BCUT2D eigenvalue weighted by Gasteiger charge is 1.93. The van der Waals surface area contributed by atoms with Gasteiger partial charge < -0.3 is 10.5 Å². The van der Waals surface area contributed by atoms with Gasteiger partial charge in [-0.1, -0.05) is 0 Å². The fourth-order valence-corrected chi connectivity index (χ4v) is 0.490. The Bertz CT molecular complexity index is 61.1. The molecule has 0 amide bonds. The van der Waals surface area contributed by atoms with Crippen molar-refractivity contribution >= 4 is 6.29 Å². The Hall–Kier alpha value is -0.540. The number of methoxy groups -OCH3 is 1. The molecular weight excluding hydrogens is 142 g/mol. The van der Waals surface area contributed by atoms with Crippen LogP contribution in [0.5, 0.6) is 0 Å². The third kappa shape index (κ3) is 26.5. The summed E-state index contributed by atoms with van der Waals surface area (Å²) in [6, 6.07) is 0. The van der Waals surface area contributed by atoms with Crippen molar-refractivity contribution in [2.45, 2.75) is 26.2 Å². The van der Waals surface area contributed by atoms with Crippen LogP contribution in [0.15, 0.2) is 0 Å². The van der Waals surface area contributed by atoms with E-state index in [1.165, 1.54) is 6.92 Å². The first-order valence-electron chi connectivity index (χ1n) is 3.77. The smallest absolute Gasteiger partial charge is 0.226 e. The molecule has 0 aromatic heterocycles. The van der Waals surface area contributed by atoms with E-state index in [2.05, 4.69) is 0 Å². The van der Waals surface area contributed by atoms with Crippen LogP contribution in [0.4, 0.5) is 0 Å². The first-order valence-corrected chi connectivity index (χ1v) is 3.77. The maximum atomic E-state index is 8.81. The molecule has 0 aliphatic carbocycles. The zero-order valence-electron chi connectivity index (χ0n) is 7.38. The fourth-order valence-electron chi connectivity index (χ4n) is 0.490. The largest absolute Gasteiger partial charge is 0.330 e. The van der Waals surface area contributed by atoms with Crippen molar-refractivity contribution in [3.8, 4) is 0 Å². The van der Waals surface area contributed by atoms with Gasteiger partial charge in [-0.2, -0.15) is 4.74 Å². The Morgan fingerprint density at radius 3 is 2.45 bits per heavy atom. The van der Waals surface area contributed by atoms with Crippen LogP contribution in [0, 0.1) is 6.61 Å².